The second kappa shape index (κ2) is 7.47. The lowest BCUT2D eigenvalue weighted by molar-refractivity contribution is 0.102. The number of para-hydroxylation sites is 1. The van der Waals surface area contributed by atoms with E-state index in [1.165, 1.54) is 6.20 Å². The van der Waals surface area contributed by atoms with Crippen molar-refractivity contribution in [3.8, 4) is 5.69 Å². The summed E-state index contributed by atoms with van der Waals surface area (Å²) in [7, 11) is 0. The van der Waals surface area contributed by atoms with Gasteiger partial charge in [0.15, 0.2) is 0 Å². The van der Waals surface area contributed by atoms with Gasteiger partial charge < -0.3 is 5.32 Å². The largest absolute Gasteiger partial charge is 0.307 e. The molecule has 0 bridgehead atoms. The third-order valence-corrected chi connectivity index (χ3v) is 4.40. The second-order valence-corrected chi connectivity index (χ2v) is 6.35. The fraction of sp³-hybridized carbons (Fsp3) is 0.0500. The van der Waals surface area contributed by atoms with E-state index in [0.29, 0.717) is 28.6 Å². The second-order valence-electron chi connectivity index (χ2n) is 5.94. The maximum absolute atomic E-state index is 12.6. The first-order valence-electron chi connectivity index (χ1n) is 8.37. The highest BCUT2D eigenvalue weighted by molar-refractivity contribution is 6.32. The molecule has 0 saturated heterocycles. The van der Waals surface area contributed by atoms with E-state index in [-0.39, 0.29) is 5.91 Å². The minimum absolute atomic E-state index is 0.261. The molecule has 1 N–H and O–H groups in total. The van der Waals surface area contributed by atoms with Crippen LogP contribution in [0, 0.1) is 0 Å². The van der Waals surface area contributed by atoms with Gasteiger partial charge in [-0.2, -0.15) is 10.2 Å². The van der Waals surface area contributed by atoms with E-state index in [1.54, 1.807) is 33.9 Å². The summed E-state index contributed by atoms with van der Waals surface area (Å²) >= 11 is 6.19. The number of benzene rings is 2. The molecule has 2 aromatic carbocycles. The summed E-state index contributed by atoms with van der Waals surface area (Å²) in [6, 6.07) is 19.0. The summed E-state index contributed by atoms with van der Waals surface area (Å²) in [5.74, 6) is 0.359. The number of aromatic nitrogens is 4. The van der Waals surface area contributed by atoms with Gasteiger partial charge in [0.2, 0.25) is 0 Å². The minimum Gasteiger partial charge on any atom is -0.307 e. The molecule has 134 valence electrons. The highest BCUT2D eigenvalue weighted by Crippen LogP contribution is 2.19. The van der Waals surface area contributed by atoms with Crippen molar-refractivity contribution in [2.24, 2.45) is 0 Å². The van der Waals surface area contributed by atoms with Gasteiger partial charge in [0.05, 0.1) is 35.2 Å². The van der Waals surface area contributed by atoms with E-state index in [9.17, 15) is 4.79 Å². The Labute approximate surface area is 161 Å². The van der Waals surface area contributed by atoms with Gasteiger partial charge >= 0.3 is 0 Å². The number of hydrogen-bond donors (Lipinski definition) is 1. The van der Waals surface area contributed by atoms with E-state index < -0.39 is 0 Å². The Bertz CT molecular complexity index is 1070. The molecule has 0 atom stereocenters. The van der Waals surface area contributed by atoms with Crippen LogP contribution in [0.4, 0.5) is 5.82 Å². The molecule has 0 saturated carbocycles. The summed E-state index contributed by atoms with van der Waals surface area (Å²) in [5, 5.41) is 12.0. The van der Waals surface area contributed by atoms with Crippen LogP contribution in [0.3, 0.4) is 0 Å². The van der Waals surface area contributed by atoms with Crippen molar-refractivity contribution >= 4 is 23.3 Å². The maximum Gasteiger partial charge on any atom is 0.260 e. The third-order valence-electron chi connectivity index (χ3n) is 4.08. The van der Waals surface area contributed by atoms with Gasteiger partial charge in [0.1, 0.15) is 5.82 Å². The first-order valence-corrected chi connectivity index (χ1v) is 8.75. The van der Waals surface area contributed by atoms with Gasteiger partial charge in [-0.15, -0.1) is 0 Å². The van der Waals surface area contributed by atoms with Crippen molar-refractivity contribution in [3.05, 3.63) is 95.4 Å². The smallest absolute Gasteiger partial charge is 0.260 e. The Kier molecular flexibility index (Phi) is 4.72. The van der Waals surface area contributed by atoms with Crippen molar-refractivity contribution in [1.82, 2.24) is 19.6 Å². The zero-order valence-corrected chi connectivity index (χ0v) is 15.0. The molecule has 27 heavy (non-hydrogen) atoms. The molecule has 0 aliphatic heterocycles. The molecule has 0 aliphatic carbocycles. The van der Waals surface area contributed by atoms with Crippen LogP contribution >= 0.6 is 11.6 Å². The van der Waals surface area contributed by atoms with Gasteiger partial charge in [-0.25, -0.2) is 9.36 Å². The van der Waals surface area contributed by atoms with Crippen LogP contribution in [0.1, 0.15) is 15.9 Å². The number of halogens is 1. The number of carbonyl (C=O) groups excluding carboxylic acids is 1. The summed E-state index contributed by atoms with van der Waals surface area (Å²) in [6.45, 7) is 0.572. The highest BCUT2D eigenvalue weighted by atomic mass is 35.5. The Morgan fingerprint density at radius 1 is 1.00 bits per heavy atom. The number of nitrogens with zero attached hydrogens (tertiary/aromatic N) is 4. The lowest BCUT2D eigenvalue weighted by atomic mass is 10.2. The zero-order chi connectivity index (χ0) is 18.6. The van der Waals surface area contributed by atoms with Crippen molar-refractivity contribution in [3.63, 3.8) is 0 Å². The van der Waals surface area contributed by atoms with Crippen molar-refractivity contribution in [2.45, 2.75) is 6.54 Å². The van der Waals surface area contributed by atoms with Crippen LogP contribution in [-0.2, 0) is 6.54 Å². The molecule has 0 radical (unpaired) electrons. The topological polar surface area (TPSA) is 64.7 Å². The third kappa shape index (κ3) is 3.75. The van der Waals surface area contributed by atoms with E-state index >= 15 is 0 Å². The molecular formula is C20H16ClN5O. The molecule has 6 nitrogen and oxygen atoms in total. The van der Waals surface area contributed by atoms with Gasteiger partial charge in [-0.1, -0.05) is 54.1 Å². The number of carbonyl (C=O) groups is 1. The Morgan fingerprint density at radius 2 is 1.78 bits per heavy atom. The quantitative estimate of drug-likeness (QED) is 0.571. The van der Waals surface area contributed by atoms with Crippen LogP contribution < -0.4 is 5.32 Å². The number of anilines is 1. The van der Waals surface area contributed by atoms with Crippen LogP contribution in [0.5, 0.6) is 0 Å². The predicted molar refractivity (Wildman–Crippen MR) is 104 cm³/mol. The van der Waals surface area contributed by atoms with Crippen molar-refractivity contribution in [1.29, 1.82) is 0 Å². The fourth-order valence-electron chi connectivity index (χ4n) is 2.72. The molecule has 1 amide bonds. The zero-order valence-electron chi connectivity index (χ0n) is 14.3. The Balaban J connectivity index is 1.51. The molecule has 0 spiro atoms. The minimum atomic E-state index is -0.261. The van der Waals surface area contributed by atoms with Crippen molar-refractivity contribution < 1.29 is 4.79 Å². The van der Waals surface area contributed by atoms with E-state index in [0.717, 1.165) is 5.56 Å². The fourth-order valence-corrected chi connectivity index (χ4v) is 2.94. The molecule has 4 rings (SSSR count). The van der Waals surface area contributed by atoms with Gasteiger partial charge in [0.25, 0.3) is 5.91 Å². The number of rotatable bonds is 5. The first kappa shape index (κ1) is 17.1. The lowest BCUT2D eigenvalue weighted by Gasteiger charge is -2.08. The van der Waals surface area contributed by atoms with Crippen LogP contribution in [-0.4, -0.2) is 25.5 Å². The average Bonchev–Trinajstić information content (AvgIpc) is 3.33. The molecule has 0 fully saturated rings. The van der Waals surface area contributed by atoms with E-state index in [1.807, 2.05) is 48.5 Å². The van der Waals surface area contributed by atoms with E-state index in [4.69, 9.17) is 11.6 Å². The summed E-state index contributed by atoms with van der Waals surface area (Å²) in [4.78, 5) is 12.6. The number of hydrogen-bond acceptors (Lipinski definition) is 3. The van der Waals surface area contributed by atoms with Crippen LogP contribution in [0.15, 0.2) is 79.3 Å². The normalized spacial score (nSPS) is 10.7. The summed E-state index contributed by atoms with van der Waals surface area (Å²) in [6.07, 6.45) is 4.82. The van der Waals surface area contributed by atoms with Crippen molar-refractivity contribution in [2.75, 3.05) is 5.32 Å². The molecule has 7 heteroatoms. The molecule has 4 aromatic rings. The molecule has 0 unspecified atom stereocenters. The maximum atomic E-state index is 12.6. The average molecular weight is 378 g/mol. The van der Waals surface area contributed by atoms with Gasteiger partial charge in [-0.05, 0) is 17.7 Å². The van der Waals surface area contributed by atoms with Crippen LogP contribution in [0.25, 0.3) is 5.69 Å². The van der Waals surface area contributed by atoms with Gasteiger partial charge in [0, 0.05) is 12.3 Å². The SMILES string of the molecule is O=C(Nc1ccnn1Cc1ccccc1)c1cnn(-c2ccccc2Cl)c1. The summed E-state index contributed by atoms with van der Waals surface area (Å²) < 4.78 is 3.32. The Morgan fingerprint density at radius 3 is 2.59 bits per heavy atom. The highest BCUT2D eigenvalue weighted by Gasteiger charge is 2.13. The van der Waals surface area contributed by atoms with Crippen LogP contribution in [0.2, 0.25) is 5.02 Å². The molecular weight excluding hydrogens is 362 g/mol. The molecule has 2 heterocycles. The predicted octanol–water partition coefficient (Wildman–Crippen LogP) is 4.02. The number of amides is 1. The number of nitrogens with one attached hydrogen (secondary N) is 1. The Hall–Kier alpha value is -3.38. The van der Waals surface area contributed by atoms with E-state index in [2.05, 4.69) is 15.5 Å². The van der Waals surface area contributed by atoms with Gasteiger partial charge in [-0.3, -0.25) is 4.79 Å². The first-order chi connectivity index (χ1) is 13.2. The molecule has 0 aliphatic rings. The lowest BCUT2D eigenvalue weighted by Crippen LogP contribution is -2.15. The molecule has 2 aromatic heterocycles. The summed E-state index contributed by atoms with van der Waals surface area (Å²) in [5.41, 5.74) is 2.25. The monoisotopic (exact) mass is 377 g/mol. The standard InChI is InChI=1S/C20H16ClN5O/c21-17-8-4-5-9-18(17)25-14-16(12-23-25)20(27)24-19-10-11-22-26(19)13-15-6-2-1-3-7-15/h1-12,14H,13H2,(H,24,27).